The highest BCUT2D eigenvalue weighted by atomic mass is 35.5. The summed E-state index contributed by atoms with van der Waals surface area (Å²) in [6.07, 6.45) is 0. The molecule has 0 amide bonds. The maximum absolute atomic E-state index is 13.0. The van der Waals surface area contributed by atoms with E-state index in [0.717, 1.165) is 6.07 Å². The number of aliphatic carboxylic acids is 2. The van der Waals surface area contributed by atoms with Crippen LogP contribution in [0.4, 0.5) is 8.78 Å². The fourth-order valence-electron chi connectivity index (χ4n) is 1.75. The molecule has 0 aliphatic heterocycles. The number of phenols is 1. The standard InChI is InChI=1S/C14H12ClF2NO.C2H2O4/c15-11-1-2-14(19)10(5-11)8-18-7-9-3-12(16)6-13(17)4-9;3-1(4)2(5)6/h1-6,18-19H,7-8H2;(H,3,4)(H,5,6). The molecule has 2 aromatic rings. The molecule has 0 bridgehead atoms. The van der Waals surface area contributed by atoms with Gasteiger partial charge in [0, 0.05) is 29.7 Å². The highest BCUT2D eigenvalue weighted by Gasteiger charge is 2.04. The number of halogens is 3. The number of rotatable bonds is 4. The smallest absolute Gasteiger partial charge is 0.414 e. The van der Waals surface area contributed by atoms with E-state index in [0.29, 0.717) is 29.2 Å². The van der Waals surface area contributed by atoms with E-state index in [9.17, 15) is 13.9 Å². The van der Waals surface area contributed by atoms with Crippen LogP contribution in [0.15, 0.2) is 36.4 Å². The van der Waals surface area contributed by atoms with Crippen LogP contribution >= 0.6 is 11.6 Å². The predicted molar refractivity (Wildman–Crippen MR) is 85.3 cm³/mol. The number of carbonyl (C=O) groups is 2. The van der Waals surface area contributed by atoms with Gasteiger partial charge in [0.1, 0.15) is 17.4 Å². The molecular weight excluding hydrogens is 360 g/mol. The van der Waals surface area contributed by atoms with Gasteiger partial charge >= 0.3 is 11.9 Å². The lowest BCUT2D eigenvalue weighted by atomic mass is 10.2. The first-order valence-electron chi connectivity index (χ1n) is 6.78. The molecule has 0 heterocycles. The van der Waals surface area contributed by atoms with Crippen molar-refractivity contribution in [3.8, 4) is 5.75 Å². The Morgan fingerprint density at radius 3 is 2.04 bits per heavy atom. The molecule has 0 radical (unpaired) electrons. The van der Waals surface area contributed by atoms with Crippen molar-refractivity contribution in [2.24, 2.45) is 0 Å². The van der Waals surface area contributed by atoms with Crippen molar-refractivity contribution in [3.05, 3.63) is 64.2 Å². The minimum atomic E-state index is -1.82. The molecule has 0 aliphatic rings. The first kappa shape index (κ1) is 20.3. The molecule has 0 spiro atoms. The van der Waals surface area contributed by atoms with Crippen molar-refractivity contribution in [2.45, 2.75) is 13.1 Å². The van der Waals surface area contributed by atoms with Gasteiger partial charge in [-0.25, -0.2) is 18.4 Å². The summed E-state index contributed by atoms with van der Waals surface area (Å²) in [7, 11) is 0. The van der Waals surface area contributed by atoms with E-state index in [-0.39, 0.29) is 5.75 Å². The molecule has 2 aromatic carbocycles. The maximum atomic E-state index is 13.0. The molecular formula is C16H14ClF2NO5. The van der Waals surface area contributed by atoms with Crippen LogP contribution in [0.25, 0.3) is 0 Å². The van der Waals surface area contributed by atoms with Gasteiger partial charge in [0.2, 0.25) is 0 Å². The quantitative estimate of drug-likeness (QED) is 0.614. The van der Waals surface area contributed by atoms with E-state index in [1.807, 2.05) is 0 Å². The monoisotopic (exact) mass is 373 g/mol. The van der Waals surface area contributed by atoms with Crippen molar-refractivity contribution in [1.29, 1.82) is 0 Å². The van der Waals surface area contributed by atoms with E-state index in [2.05, 4.69) is 5.32 Å². The van der Waals surface area contributed by atoms with Crippen LogP contribution in [-0.4, -0.2) is 27.3 Å². The fraction of sp³-hybridized carbons (Fsp3) is 0.125. The van der Waals surface area contributed by atoms with Crippen LogP contribution < -0.4 is 5.32 Å². The average molecular weight is 374 g/mol. The number of carboxylic acids is 2. The van der Waals surface area contributed by atoms with E-state index < -0.39 is 23.6 Å². The molecule has 0 unspecified atom stereocenters. The van der Waals surface area contributed by atoms with Crippen molar-refractivity contribution in [2.75, 3.05) is 0 Å². The number of benzene rings is 2. The Balaban J connectivity index is 0.000000450. The summed E-state index contributed by atoms with van der Waals surface area (Å²) in [5.74, 6) is -4.74. The second kappa shape index (κ2) is 9.55. The van der Waals surface area contributed by atoms with Crippen molar-refractivity contribution < 1.29 is 33.7 Å². The highest BCUT2D eigenvalue weighted by Crippen LogP contribution is 2.21. The molecule has 0 fully saturated rings. The number of nitrogens with one attached hydrogen (secondary N) is 1. The third-order valence-corrected chi connectivity index (χ3v) is 3.03. The number of hydrogen-bond donors (Lipinski definition) is 4. The molecule has 25 heavy (non-hydrogen) atoms. The summed E-state index contributed by atoms with van der Waals surface area (Å²) >= 11 is 5.82. The lowest BCUT2D eigenvalue weighted by Gasteiger charge is -2.08. The zero-order chi connectivity index (χ0) is 19.0. The topological polar surface area (TPSA) is 107 Å². The Labute approximate surface area is 146 Å². The molecule has 0 saturated heterocycles. The predicted octanol–water partition coefficient (Wildman–Crippen LogP) is 2.77. The summed E-state index contributed by atoms with van der Waals surface area (Å²) in [6, 6.07) is 8.06. The minimum absolute atomic E-state index is 0.127. The van der Waals surface area contributed by atoms with Gasteiger partial charge in [-0.2, -0.15) is 0 Å². The molecule has 0 saturated carbocycles. The third kappa shape index (κ3) is 7.60. The van der Waals surface area contributed by atoms with Gasteiger partial charge in [0.05, 0.1) is 0 Å². The van der Waals surface area contributed by atoms with Gasteiger partial charge in [-0.3, -0.25) is 0 Å². The van der Waals surface area contributed by atoms with Crippen LogP contribution in [0, 0.1) is 11.6 Å². The highest BCUT2D eigenvalue weighted by molar-refractivity contribution is 6.30. The number of phenolic OH excluding ortho intramolecular Hbond substituents is 1. The van der Waals surface area contributed by atoms with E-state index >= 15 is 0 Å². The van der Waals surface area contributed by atoms with E-state index in [1.54, 1.807) is 12.1 Å². The normalized spacial score (nSPS) is 9.88. The molecule has 4 N–H and O–H groups in total. The largest absolute Gasteiger partial charge is 0.508 e. The van der Waals surface area contributed by atoms with Crippen molar-refractivity contribution in [3.63, 3.8) is 0 Å². The molecule has 6 nitrogen and oxygen atoms in total. The maximum Gasteiger partial charge on any atom is 0.414 e. The van der Waals surface area contributed by atoms with Gasteiger partial charge in [0.15, 0.2) is 0 Å². The van der Waals surface area contributed by atoms with Crippen LogP contribution in [0.1, 0.15) is 11.1 Å². The number of carboxylic acid groups (broad SMARTS) is 2. The van der Waals surface area contributed by atoms with Gasteiger partial charge in [0.25, 0.3) is 0 Å². The SMILES string of the molecule is O=C(O)C(=O)O.Oc1ccc(Cl)cc1CNCc1cc(F)cc(F)c1. The summed E-state index contributed by atoms with van der Waals surface area (Å²) < 4.78 is 25.9. The Morgan fingerprint density at radius 2 is 1.52 bits per heavy atom. The molecule has 9 heteroatoms. The first-order valence-corrected chi connectivity index (χ1v) is 7.16. The van der Waals surface area contributed by atoms with E-state index in [1.165, 1.54) is 18.2 Å². The Morgan fingerprint density at radius 1 is 0.960 bits per heavy atom. The second-order valence-corrected chi connectivity index (χ2v) is 5.20. The van der Waals surface area contributed by atoms with E-state index in [4.69, 9.17) is 31.4 Å². The number of aromatic hydroxyl groups is 1. The summed E-state index contributed by atoms with van der Waals surface area (Å²) in [6.45, 7) is 0.644. The van der Waals surface area contributed by atoms with Gasteiger partial charge < -0.3 is 20.6 Å². The van der Waals surface area contributed by atoms with Crippen LogP contribution in [0.2, 0.25) is 5.02 Å². The first-order chi connectivity index (χ1) is 11.7. The summed E-state index contributed by atoms with van der Waals surface area (Å²) in [5, 5.41) is 27.9. The second-order valence-electron chi connectivity index (χ2n) is 4.76. The zero-order valence-corrected chi connectivity index (χ0v) is 13.4. The summed E-state index contributed by atoms with van der Waals surface area (Å²) in [5.41, 5.74) is 1.13. The molecule has 2 rings (SSSR count). The lowest BCUT2D eigenvalue weighted by Crippen LogP contribution is -2.13. The minimum Gasteiger partial charge on any atom is -0.508 e. The van der Waals surface area contributed by atoms with Crippen molar-refractivity contribution >= 4 is 23.5 Å². The lowest BCUT2D eigenvalue weighted by molar-refractivity contribution is -0.159. The molecule has 0 aliphatic carbocycles. The Bertz CT molecular complexity index is 738. The summed E-state index contributed by atoms with van der Waals surface area (Å²) in [4.78, 5) is 18.2. The van der Waals surface area contributed by atoms with Crippen LogP contribution in [-0.2, 0) is 22.7 Å². The van der Waals surface area contributed by atoms with Crippen molar-refractivity contribution in [1.82, 2.24) is 5.32 Å². The van der Waals surface area contributed by atoms with Crippen LogP contribution in [0.5, 0.6) is 5.75 Å². The van der Waals surface area contributed by atoms with Gasteiger partial charge in [-0.05, 0) is 35.9 Å². The average Bonchev–Trinajstić information content (AvgIpc) is 2.50. The third-order valence-electron chi connectivity index (χ3n) is 2.79. The Kier molecular flexibility index (Phi) is 7.77. The fourth-order valence-corrected chi connectivity index (χ4v) is 1.94. The molecule has 0 atom stereocenters. The molecule has 134 valence electrons. The van der Waals surface area contributed by atoms with Gasteiger partial charge in [-0.1, -0.05) is 11.6 Å². The van der Waals surface area contributed by atoms with Gasteiger partial charge in [-0.15, -0.1) is 0 Å². The Hall–Kier alpha value is -2.71. The zero-order valence-electron chi connectivity index (χ0n) is 12.7. The molecule has 0 aromatic heterocycles. The van der Waals surface area contributed by atoms with Crippen LogP contribution in [0.3, 0.4) is 0 Å². The number of hydrogen-bond acceptors (Lipinski definition) is 4.